The highest BCUT2D eigenvalue weighted by Gasteiger charge is 2.19. The molecule has 0 spiro atoms. The first kappa shape index (κ1) is 12.2. The molecule has 1 aromatic carbocycles. The van der Waals surface area contributed by atoms with E-state index in [4.69, 9.17) is 5.73 Å². The number of aromatic nitrogens is 2. The third kappa shape index (κ3) is 1.91. The Hall–Kier alpha value is -1.84. The van der Waals surface area contributed by atoms with Gasteiger partial charge in [-0.1, -0.05) is 0 Å². The van der Waals surface area contributed by atoms with Gasteiger partial charge in [0.1, 0.15) is 0 Å². The fourth-order valence-corrected chi connectivity index (χ4v) is 2.93. The zero-order valence-corrected chi connectivity index (χ0v) is 11.4. The second kappa shape index (κ2) is 4.37. The molecule has 1 aliphatic carbocycles. The maximum atomic E-state index is 11.6. The number of ketones is 1. The molecule has 1 unspecified atom stereocenters. The van der Waals surface area contributed by atoms with Crippen LogP contribution in [0.1, 0.15) is 43.9 Å². The predicted octanol–water partition coefficient (Wildman–Crippen LogP) is 2.65. The van der Waals surface area contributed by atoms with Crippen molar-refractivity contribution >= 4 is 22.8 Å². The number of hydrogen-bond donors (Lipinski definition) is 1. The summed E-state index contributed by atoms with van der Waals surface area (Å²) in [7, 11) is 0. The Bertz CT molecular complexity index is 657. The summed E-state index contributed by atoms with van der Waals surface area (Å²) in [6.45, 7) is 3.47. The van der Waals surface area contributed by atoms with Crippen LogP contribution in [0.2, 0.25) is 0 Å². The molecule has 19 heavy (non-hydrogen) atoms. The summed E-state index contributed by atoms with van der Waals surface area (Å²) >= 11 is 0. The average Bonchev–Trinajstić information content (AvgIpc) is 2.70. The van der Waals surface area contributed by atoms with Crippen LogP contribution in [0, 0.1) is 0 Å². The molecule has 0 saturated carbocycles. The van der Waals surface area contributed by atoms with Gasteiger partial charge in [0.25, 0.3) is 0 Å². The van der Waals surface area contributed by atoms with Gasteiger partial charge in [0, 0.05) is 0 Å². The number of nitrogens with zero attached hydrogens (tertiary/aromatic N) is 2. The Morgan fingerprint density at radius 1 is 1.32 bits per heavy atom. The molecule has 100 valence electrons. The molecule has 0 saturated heterocycles. The van der Waals surface area contributed by atoms with Crippen molar-refractivity contribution in [1.82, 2.24) is 9.55 Å². The molecule has 0 bridgehead atoms. The minimum absolute atomic E-state index is 0.101. The second-order valence-corrected chi connectivity index (χ2v) is 5.44. The third-order valence-corrected chi connectivity index (χ3v) is 4.16. The van der Waals surface area contributed by atoms with E-state index in [1.165, 1.54) is 24.0 Å². The number of fused-ring (bicyclic) bond motifs is 2. The van der Waals surface area contributed by atoms with Gasteiger partial charge in [-0.2, -0.15) is 0 Å². The van der Waals surface area contributed by atoms with Crippen LogP contribution in [0.25, 0.3) is 11.0 Å². The van der Waals surface area contributed by atoms with Gasteiger partial charge in [-0.15, -0.1) is 0 Å². The van der Waals surface area contributed by atoms with Crippen molar-refractivity contribution in [3.63, 3.8) is 0 Å². The molecule has 0 radical (unpaired) electrons. The molecule has 1 aromatic heterocycles. The lowest BCUT2D eigenvalue weighted by Gasteiger charge is -2.17. The third-order valence-electron chi connectivity index (χ3n) is 4.16. The molecular weight excluding hydrogens is 238 g/mol. The first-order valence-corrected chi connectivity index (χ1v) is 6.87. The summed E-state index contributed by atoms with van der Waals surface area (Å²) in [6, 6.07) is 4.06. The summed E-state index contributed by atoms with van der Waals surface area (Å²) in [5, 5.41) is 0. The van der Waals surface area contributed by atoms with Crippen molar-refractivity contribution in [1.29, 1.82) is 0 Å². The number of nitrogens with two attached hydrogens (primary N) is 1. The second-order valence-electron chi connectivity index (χ2n) is 5.44. The number of carbonyl (C=O) groups excluding carboxylic acids is 1. The minimum atomic E-state index is -0.258. The number of Topliss-reactive ketones (excluding diaryl/α,β-unsaturated/α-hetero) is 1. The Balaban J connectivity index is 2.22. The molecule has 4 heteroatoms. The lowest BCUT2D eigenvalue weighted by atomic mass is 9.91. The fraction of sp³-hybridized carbons (Fsp3) is 0.467. The molecule has 0 aliphatic heterocycles. The largest absolute Gasteiger partial charge is 0.369 e. The van der Waals surface area contributed by atoms with Crippen LogP contribution in [0.3, 0.4) is 0 Å². The van der Waals surface area contributed by atoms with Crippen LogP contribution in [0.5, 0.6) is 0 Å². The molecule has 0 amide bonds. The van der Waals surface area contributed by atoms with Gasteiger partial charge < -0.3 is 10.3 Å². The molecule has 1 aliphatic rings. The van der Waals surface area contributed by atoms with Gasteiger partial charge in [0.2, 0.25) is 5.95 Å². The molecule has 4 nitrogen and oxygen atoms in total. The molecule has 1 heterocycles. The van der Waals surface area contributed by atoms with Crippen molar-refractivity contribution in [3.8, 4) is 0 Å². The van der Waals surface area contributed by atoms with Crippen LogP contribution < -0.4 is 5.73 Å². The van der Waals surface area contributed by atoms with Crippen molar-refractivity contribution in [2.75, 3.05) is 5.73 Å². The summed E-state index contributed by atoms with van der Waals surface area (Å²) < 4.78 is 1.85. The maximum Gasteiger partial charge on any atom is 0.201 e. The Kier molecular flexibility index (Phi) is 2.81. The molecule has 0 fully saturated rings. The van der Waals surface area contributed by atoms with E-state index < -0.39 is 0 Å². The van der Waals surface area contributed by atoms with Gasteiger partial charge >= 0.3 is 0 Å². The SMILES string of the molecule is CC(=O)C(C)n1c(N)nc2cc3c(cc21)CCCC3. The smallest absolute Gasteiger partial charge is 0.201 e. The highest BCUT2D eigenvalue weighted by molar-refractivity contribution is 5.86. The zero-order valence-electron chi connectivity index (χ0n) is 11.4. The normalized spacial score (nSPS) is 16.3. The highest BCUT2D eigenvalue weighted by atomic mass is 16.1. The number of imidazole rings is 1. The summed E-state index contributed by atoms with van der Waals surface area (Å²) in [5.74, 6) is 0.531. The van der Waals surface area contributed by atoms with Crippen LogP contribution >= 0.6 is 0 Å². The van der Waals surface area contributed by atoms with E-state index in [0.29, 0.717) is 5.95 Å². The van der Waals surface area contributed by atoms with E-state index in [9.17, 15) is 4.79 Å². The van der Waals surface area contributed by atoms with Crippen LogP contribution in [0.4, 0.5) is 5.95 Å². The molecule has 2 aromatic rings. The van der Waals surface area contributed by atoms with Gasteiger partial charge in [0.05, 0.1) is 17.1 Å². The standard InChI is InChI=1S/C15H19N3O/c1-9(10(2)19)18-14-8-12-6-4-3-5-11(12)7-13(14)17-15(18)16/h7-9H,3-6H2,1-2H3,(H2,16,17). The van der Waals surface area contributed by atoms with Gasteiger partial charge in [-0.25, -0.2) is 4.98 Å². The first-order valence-electron chi connectivity index (χ1n) is 6.87. The van der Waals surface area contributed by atoms with Crippen molar-refractivity contribution in [2.24, 2.45) is 0 Å². The number of benzene rings is 1. The molecular formula is C15H19N3O. The van der Waals surface area contributed by atoms with E-state index in [-0.39, 0.29) is 11.8 Å². The zero-order chi connectivity index (χ0) is 13.6. The molecule has 2 N–H and O–H groups in total. The van der Waals surface area contributed by atoms with Crippen molar-refractivity contribution in [3.05, 3.63) is 23.3 Å². The van der Waals surface area contributed by atoms with E-state index in [1.807, 2.05) is 11.5 Å². The quantitative estimate of drug-likeness (QED) is 0.899. The van der Waals surface area contributed by atoms with E-state index in [1.54, 1.807) is 6.92 Å². The number of carbonyl (C=O) groups is 1. The van der Waals surface area contributed by atoms with Crippen molar-refractivity contribution in [2.45, 2.75) is 45.6 Å². The Morgan fingerprint density at radius 3 is 2.58 bits per heavy atom. The molecule has 3 rings (SSSR count). The molecule has 1 atom stereocenters. The number of nitrogen functional groups attached to an aromatic ring is 1. The van der Waals surface area contributed by atoms with Crippen LogP contribution in [-0.2, 0) is 17.6 Å². The monoisotopic (exact) mass is 257 g/mol. The summed E-state index contributed by atoms with van der Waals surface area (Å²) in [5.41, 5.74) is 10.7. The van der Waals surface area contributed by atoms with Crippen LogP contribution in [-0.4, -0.2) is 15.3 Å². The number of hydrogen-bond acceptors (Lipinski definition) is 3. The minimum Gasteiger partial charge on any atom is -0.369 e. The van der Waals surface area contributed by atoms with E-state index >= 15 is 0 Å². The Morgan fingerprint density at radius 2 is 1.95 bits per heavy atom. The summed E-state index contributed by atoms with van der Waals surface area (Å²) in [6.07, 6.45) is 4.73. The highest BCUT2D eigenvalue weighted by Crippen LogP contribution is 2.29. The Labute approximate surface area is 112 Å². The maximum absolute atomic E-state index is 11.6. The van der Waals surface area contributed by atoms with Crippen LogP contribution in [0.15, 0.2) is 12.1 Å². The lowest BCUT2D eigenvalue weighted by molar-refractivity contribution is -0.119. The van der Waals surface area contributed by atoms with Gasteiger partial charge in [-0.3, -0.25) is 4.79 Å². The lowest BCUT2D eigenvalue weighted by Crippen LogP contribution is -2.15. The van der Waals surface area contributed by atoms with E-state index in [0.717, 1.165) is 23.9 Å². The number of anilines is 1. The number of aryl methyl sites for hydroxylation is 2. The topological polar surface area (TPSA) is 60.9 Å². The number of rotatable bonds is 2. The van der Waals surface area contributed by atoms with Gasteiger partial charge in [-0.05, 0) is 62.8 Å². The van der Waals surface area contributed by atoms with E-state index in [2.05, 4.69) is 17.1 Å². The summed E-state index contributed by atoms with van der Waals surface area (Å²) in [4.78, 5) is 16.0. The fourth-order valence-electron chi connectivity index (χ4n) is 2.93. The predicted molar refractivity (Wildman–Crippen MR) is 76.2 cm³/mol. The van der Waals surface area contributed by atoms with Gasteiger partial charge in [0.15, 0.2) is 5.78 Å². The first-order chi connectivity index (χ1) is 9.08. The average molecular weight is 257 g/mol. The van der Waals surface area contributed by atoms with Crippen molar-refractivity contribution < 1.29 is 4.79 Å².